The van der Waals surface area contributed by atoms with Gasteiger partial charge in [-0.25, -0.2) is 8.78 Å². The molecule has 0 radical (unpaired) electrons. The molecule has 2 aromatic rings. The van der Waals surface area contributed by atoms with Crippen molar-refractivity contribution in [3.05, 3.63) is 49.3 Å². The van der Waals surface area contributed by atoms with E-state index in [2.05, 4.69) is 0 Å². The Hall–Kier alpha value is -1.15. The number of aromatic hydroxyl groups is 1. The third-order valence-electron chi connectivity index (χ3n) is 2.68. The van der Waals surface area contributed by atoms with Crippen LogP contribution in [-0.4, -0.2) is 16.1 Å². The third kappa shape index (κ3) is 3.12. The number of alkyl halides is 2. The highest BCUT2D eigenvalue weighted by atomic mass is 127. The second-order valence-corrected chi connectivity index (χ2v) is 5.61. The van der Waals surface area contributed by atoms with Crippen molar-refractivity contribution >= 4 is 34.2 Å². The summed E-state index contributed by atoms with van der Waals surface area (Å²) in [4.78, 5) is 12.0. The summed E-state index contributed by atoms with van der Waals surface area (Å²) in [6, 6.07) is 7.27. The van der Waals surface area contributed by atoms with Gasteiger partial charge < -0.3 is 9.67 Å². The summed E-state index contributed by atoms with van der Waals surface area (Å²) >= 11 is 7.80. The predicted octanol–water partition coefficient (Wildman–Crippen LogP) is 3.74. The van der Waals surface area contributed by atoms with Gasteiger partial charge in [0.05, 0.1) is 20.8 Å². The summed E-state index contributed by atoms with van der Waals surface area (Å²) in [6.45, 7) is -0.706. The molecule has 0 aliphatic rings. The van der Waals surface area contributed by atoms with Gasteiger partial charge in [0.15, 0.2) is 0 Å². The van der Waals surface area contributed by atoms with Crippen LogP contribution >= 0.6 is 34.2 Å². The van der Waals surface area contributed by atoms with E-state index in [1.165, 1.54) is 18.2 Å². The number of pyridine rings is 1. The Labute approximate surface area is 131 Å². The number of nitrogens with zero attached hydrogens (tertiary/aromatic N) is 1. The molecule has 1 N–H and O–H groups in total. The van der Waals surface area contributed by atoms with E-state index in [1.807, 2.05) is 0 Å². The molecule has 0 aliphatic heterocycles. The number of benzene rings is 1. The van der Waals surface area contributed by atoms with Crippen molar-refractivity contribution in [2.45, 2.75) is 13.0 Å². The lowest BCUT2D eigenvalue weighted by atomic mass is 10.1. The zero-order valence-corrected chi connectivity index (χ0v) is 12.9. The first-order chi connectivity index (χ1) is 9.40. The SMILES string of the molecule is O=c1c(I)ccc(-c2ccc(O)cc2Cl)n1CC(F)F. The molecule has 1 heterocycles. The number of hydrogen-bond donors (Lipinski definition) is 1. The maximum absolute atomic E-state index is 12.7. The van der Waals surface area contributed by atoms with Gasteiger partial charge in [-0.2, -0.15) is 0 Å². The van der Waals surface area contributed by atoms with Crippen molar-refractivity contribution in [1.29, 1.82) is 0 Å². The Morgan fingerprint density at radius 3 is 2.60 bits per heavy atom. The molecule has 0 unspecified atom stereocenters. The average Bonchev–Trinajstić information content (AvgIpc) is 2.36. The van der Waals surface area contributed by atoms with E-state index in [-0.39, 0.29) is 10.8 Å². The fraction of sp³-hybridized carbons (Fsp3) is 0.154. The molecule has 7 heteroatoms. The van der Waals surface area contributed by atoms with Crippen molar-refractivity contribution < 1.29 is 13.9 Å². The van der Waals surface area contributed by atoms with Crippen LogP contribution in [0.4, 0.5) is 8.78 Å². The number of rotatable bonds is 3. The van der Waals surface area contributed by atoms with Crippen LogP contribution in [0.3, 0.4) is 0 Å². The Kier molecular flexibility index (Phi) is 4.64. The monoisotopic (exact) mass is 411 g/mol. The molecule has 1 aromatic heterocycles. The van der Waals surface area contributed by atoms with Gasteiger partial charge in [0.1, 0.15) is 5.75 Å². The van der Waals surface area contributed by atoms with Gasteiger partial charge in [0, 0.05) is 5.56 Å². The molecule has 0 saturated carbocycles. The minimum absolute atomic E-state index is 0.0352. The standard InChI is InChI=1S/C13H9ClF2INO2/c14-9-5-7(19)1-2-8(9)11-4-3-10(17)13(20)18(11)6-12(15)16/h1-5,12,19H,6H2. The highest BCUT2D eigenvalue weighted by Crippen LogP contribution is 2.30. The van der Waals surface area contributed by atoms with Gasteiger partial charge in [-0.3, -0.25) is 4.79 Å². The number of hydrogen-bond acceptors (Lipinski definition) is 2. The summed E-state index contributed by atoms with van der Waals surface area (Å²) in [5.74, 6) is -0.0352. The van der Waals surface area contributed by atoms with Crippen molar-refractivity contribution in [1.82, 2.24) is 4.57 Å². The Balaban J connectivity index is 2.67. The fourth-order valence-electron chi connectivity index (χ4n) is 1.82. The lowest BCUT2D eigenvalue weighted by Gasteiger charge is -2.14. The lowest BCUT2D eigenvalue weighted by Crippen LogP contribution is -2.26. The molecular weight excluding hydrogens is 403 g/mol. The summed E-state index contributed by atoms with van der Waals surface area (Å²) in [5, 5.41) is 9.51. The highest BCUT2D eigenvalue weighted by molar-refractivity contribution is 14.1. The van der Waals surface area contributed by atoms with E-state index in [0.29, 0.717) is 14.8 Å². The molecule has 20 heavy (non-hydrogen) atoms. The van der Waals surface area contributed by atoms with E-state index in [0.717, 1.165) is 4.57 Å². The zero-order chi connectivity index (χ0) is 14.9. The average molecular weight is 412 g/mol. The Bertz CT molecular complexity index is 703. The van der Waals surface area contributed by atoms with Gasteiger partial charge in [-0.1, -0.05) is 11.6 Å². The molecule has 0 aliphatic carbocycles. The van der Waals surface area contributed by atoms with Crippen LogP contribution in [0.25, 0.3) is 11.3 Å². The zero-order valence-electron chi connectivity index (χ0n) is 9.99. The first-order valence-electron chi connectivity index (χ1n) is 5.56. The topological polar surface area (TPSA) is 42.2 Å². The molecule has 0 saturated heterocycles. The van der Waals surface area contributed by atoms with Crippen molar-refractivity contribution in [2.75, 3.05) is 0 Å². The van der Waals surface area contributed by atoms with E-state index < -0.39 is 18.5 Å². The molecule has 3 nitrogen and oxygen atoms in total. The minimum atomic E-state index is -2.65. The molecule has 0 atom stereocenters. The first-order valence-corrected chi connectivity index (χ1v) is 7.02. The van der Waals surface area contributed by atoms with Crippen LogP contribution < -0.4 is 5.56 Å². The van der Waals surface area contributed by atoms with Gasteiger partial charge in [0.25, 0.3) is 12.0 Å². The summed E-state index contributed by atoms with van der Waals surface area (Å²) < 4.78 is 26.7. The second-order valence-electron chi connectivity index (χ2n) is 4.04. The van der Waals surface area contributed by atoms with Crippen LogP contribution in [0.5, 0.6) is 5.75 Å². The van der Waals surface area contributed by atoms with Crippen LogP contribution in [0.1, 0.15) is 0 Å². The van der Waals surface area contributed by atoms with E-state index >= 15 is 0 Å². The van der Waals surface area contributed by atoms with Gasteiger partial charge in [-0.05, 0) is 52.9 Å². The molecule has 0 bridgehead atoms. The van der Waals surface area contributed by atoms with E-state index in [9.17, 15) is 18.7 Å². The van der Waals surface area contributed by atoms with Crippen LogP contribution in [0.15, 0.2) is 35.1 Å². The lowest BCUT2D eigenvalue weighted by molar-refractivity contribution is 0.125. The first kappa shape index (κ1) is 15.2. The number of phenols is 1. The molecule has 0 spiro atoms. The van der Waals surface area contributed by atoms with E-state index in [4.69, 9.17) is 11.6 Å². The largest absolute Gasteiger partial charge is 0.508 e. The van der Waals surface area contributed by atoms with Crippen LogP contribution in [-0.2, 0) is 6.54 Å². The second kappa shape index (κ2) is 6.09. The molecule has 0 amide bonds. The predicted molar refractivity (Wildman–Crippen MR) is 81.5 cm³/mol. The number of aromatic nitrogens is 1. The molecule has 2 rings (SSSR count). The van der Waals surface area contributed by atoms with Gasteiger partial charge in [0.2, 0.25) is 0 Å². The summed E-state index contributed by atoms with van der Waals surface area (Å²) in [7, 11) is 0. The summed E-state index contributed by atoms with van der Waals surface area (Å²) in [6.07, 6.45) is -2.65. The van der Waals surface area contributed by atoms with Gasteiger partial charge >= 0.3 is 0 Å². The number of phenolic OH excluding ortho intramolecular Hbond substituents is 1. The molecule has 0 fully saturated rings. The Morgan fingerprint density at radius 1 is 1.30 bits per heavy atom. The minimum Gasteiger partial charge on any atom is -0.508 e. The smallest absolute Gasteiger partial charge is 0.264 e. The molecular formula is C13H9ClF2INO2. The normalized spacial score (nSPS) is 11.1. The van der Waals surface area contributed by atoms with Crippen LogP contribution in [0.2, 0.25) is 5.02 Å². The summed E-state index contributed by atoms with van der Waals surface area (Å²) in [5.41, 5.74) is 0.215. The number of halogens is 4. The molecule has 1 aromatic carbocycles. The van der Waals surface area contributed by atoms with Crippen LogP contribution in [0, 0.1) is 3.57 Å². The Morgan fingerprint density at radius 2 is 2.00 bits per heavy atom. The fourth-order valence-corrected chi connectivity index (χ4v) is 2.56. The van der Waals surface area contributed by atoms with Gasteiger partial charge in [-0.15, -0.1) is 0 Å². The maximum atomic E-state index is 12.7. The van der Waals surface area contributed by atoms with E-state index in [1.54, 1.807) is 34.7 Å². The molecule has 106 valence electrons. The maximum Gasteiger partial charge on any atom is 0.264 e. The van der Waals surface area contributed by atoms with Crippen molar-refractivity contribution in [3.63, 3.8) is 0 Å². The van der Waals surface area contributed by atoms with Crippen molar-refractivity contribution in [2.24, 2.45) is 0 Å². The highest BCUT2D eigenvalue weighted by Gasteiger charge is 2.15. The third-order valence-corrected chi connectivity index (χ3v) is 3.81. The quantitative estimate of drug-likeness (QED) is 0.782. The van der Waals surface area contributed by atoms with Crippen molar-refractivity contribution in [3.8, 4) is 17.0 Å².